The second-order valence-corrected chi connectivity index (χ2v) is 10.3. The van der Waals surface area contributed by atoms with Gasteiger partial charge in [0.15, 0.2) is 0 Å². The third-order valence-corrected chi connectivity index (χ3v) is 7.60. The molecule has 0 aliphatic carbocycles. The van der Waals surface area contributed by atoms with Crippen LogP contribution in [0.15, 0.2) is 52.3 Å². The summed E-state index contributed by atoms with van der Waals surface area (Å²) in [7, 11) is -6.05. The summed E-state index contributed by atoms with van der Waals surface area (Å²) in [6.07, 6.45) is 0.651. The van der Waals surface area contributed by atoms with Crippen LogP contribution in [-0.4, -0.2) is 42.4 Å². The number of carbonyl (C=O) groups is 1. The first-order valence-electron chi connectivity index (χ1n) is 9.65. The van der Waals surface area contributed by atoms with Gasteiger partial charge in [0.2, 0.25) is 20.0 Å². The number of methoxy groups -OCH3 is 1. The summed E-state index contributed by atoms with van der Waals surface area (Å²) in [6.45, 7) is 5.50. The van der Waals surface area contributed by atoms with E-state index in [1.807, 2.05) is 6.92 Å². The highest BCUT2D eigenvalue weighted by Crippen LogP contribution is 2.24. The Bertz CT molecular complexity index is 1130. The molecule has 0 radical (unpaired) electrons. The van der Waals surface area contributed by atoms with E-state index in [4.69, 9.17) is 4.74 Å². The lowest BCUT2D eigenvalue weighted by Gasteiger charge is -2.13. The predicted molar refractivity (Wildman–Crippen MR) is 118 cm³/mol. The van der Waals surface area contributed by atoms with Crippen molar-refractivity contribution in [1.82, 2.24) is 9.44 Å². The fraction of sp³-hybridized carbons (Fsp3) is 0.350. The van der Waals surface area contributed by atoms with Gasteiger partial charge in [-0.3, -0.25) is 4.79 Å². The van der Waals surface area contributed by atoms with Gasteiger partial charge in [-0.15, -0.1) is 0 Å². The summed E-state index contributed by atoms with van der Waals surface area (Å²) in [6, 6.07) is 9.42. The van der Waals surface area contributed by atoms with Crippen molar-refractivity contribution in [3.05, 3.63) is 48.0 Å². The molecular weight excluding hydrogens is 442 g/mol. The normalized spacial score (nSPS) is 12.9. The Morgan fingerprint density at radius 2 is 1.58 bits per heavy atom. The van der Waals surface area contributed by atoms with E-state index in [9.17, 15) is 21.6 Å². The Morgan fingerprint density at radius 1 is 0.968 bits per heavy atom. The summed E-state index contributed by atoms with van der Waals surface area (Å²) >= 11 is 0. The van der Waals surface area contributed by atoms with Crippen LogP contribution < -0.4 is 19.5 Å². The standard InChI is InChI=1S/C20H27N3O6S2/c1-5-14(3)23-31(27,28)16-9-7-15(8-10-16)22-20(24)18-13-17(11-12-19(18)29-4)30(25,26)21-6-2/h7-14,21,23H,5-6H2,1-4H3,(H,22,24). The second-order valence-electron chi connectivity index (χ2n) is 6.77. The third kappa shape index (κ3) is 6.26. The van der Waals surface area contributed by atoms with Gasteiger partial charge in [-0.05, 0) is 55.8 Å². The molecule has 2 rings (SSSR count). The van der Waals surface area contributed by atoms with Crippen LogP contribution in [0.5, 0.6) is 5.75 Å². The molecule has 11 heteroatoms. The Hall–Kier alpha value is -2.47. The molecule has 1 unspecified atom stereocenters. The van der Waals surface area contributed by atoms with Gasteiger partial charge in [0.25, 0.3) is 5.91 Å². The maximum atomic E-state index is 12.8. The van der Waals surface area contributed by atoms with Gasteiger partial charge in [0.1, 0.15) is 5.75 Å². The van der Waals surface area contributed by atoms with Crippen molar-refractivity contribution in [1.29, 1.82) is 0 Å². The van der Waals surface area contributed by atoms with E-state index in [2.05, 4.69) is 14.8 Å². The Kier molecular flexibility index (Phi) is 8.18. The van der Waals surface area contributed by atoms with Crippen LogP contribution in [0.1, 0.15) is 37.6 Å². The molecule has 170 valence electrons. The summed E-state index contributed by atoms with van der Waals surface area (Å²) < 4.78 is 59.3. The molecule has 1 amide bonds. The molecule has 0 saturated carbocycles. The zero-order valence-corrected chi connectivity index (χ0v) is 19.4. The van der Waals surface area contributed by atoms with Gasteiger partial charge in [-0.1, -0.05) is 13.8 Å². The minimum absolute atomic E-state index is 0.0246. The van der Waals surface area contributed by atoms with Crippen molar-refractivity contribution >= 4 is 31.6 Å². The van der Waals surface area contributed by atoms with Crippen LogP contribution in [0, 0.1) is 0 Å². The number of ether oxygens (including phenoxy) is 1. The fourth-order valence-electron chi connectivity index (χ4n) is 2.64. The number of hydrogen-bond donors (Lipinski definition) is 3. The van der Waals surface area contributed by atoms with Crippen LogP contribution in [0.2, 0.25) is 0 Å². The fourth-order valence-corrected chi connectivity index (χ4v) is 5.03. The highest BCUT2D eigenvalue weighted by molar-refractivity contribution is 7.89. The smallest absolute Gasteiger partial charge is 0.259 e. The molecule has 2 aromatic carbocycles. The second kappa shape index (κ2) is 10.2. The number of carbonyl (C=O) groups excluding carboxylic acids is 1. The highest BCUT2D eigenvalue weighted by atomic mass is 32.2. The van der Waals surface area contributed by atoms with E-state index in [1.54, 1.807) is 13.8 Å². The van der Waals surface area contributed by atoms with Crippen LogP contribution in [-0.2, 0) is 20.0 Å². The molecule has 0 aromatic heterocycles. The maximum Gasteiger partial charge on any atom is 0.259 e. The average molecular weight is 470 g/mol. The maximum absolute atomic E-state index is 12.8. The molecule has 0 aliphatic rings. The summed E-state index contributed by atoms with van der Waals surface area (Å²) in [5, 5.41) is 2.62. The number of nitrogens with one attached hydrogen (secondary N) is 3. The third-order valence-electron chi connectivity index (χ3n) is 4.45. The zero-order chi connectivity index (χ0) is 23.2. The monoisotopic (exact) mass is 469 g/mol. The number of hydrogen-bond acceptors (Lipinski definition) is 6. The number of sulfonamides is 2. The number of rotatable bonds is 10. The van der Waals surface area contributed by atoms with E-state index < -0.39 is 26.0 Å². The summed E-state index contributed by atoms with van der Waals surface area (Å²) in [4.78, 5) is 12.8. The minimum atomic E-state index is -3.76. The van der Waals surface area contributed by atoms with Gasteiger partial charge in [0, 0.05) is 18.3 Å². The van der Waals surface area contributed by atoms with E-state index in [1.165, 1.54) is 49.6 Å². The summed E-state index contributed by atoms with van der Waals surface area (Å²) in [5.74, 6) is -0.399. The van der Waals surface area contributed by atoms with Crippen molar-refractivity contribution in [2.45, 2.75) is 43.0 Å². The van der Waals surface area contributed by atoms with Crippen LogP contribution >= 0.6 is 0 Å². The first-order valence-corrected chi connectivity index (χ1v) is 12.6. The molecule has 3 N–H and O–H groups in total. The first-order chi connectivity index (χ1) is 14.5. The highest BCUT2D eigenvalue weighted by Gasteiger charge is 2.20. The zero-order valence-electron chi connectivity index (χ0n) is 17.8. The predicted octanol–water partition coefficient (Wildman–Crippen LogP) is 2.32. The lowest BCUT2D eigenvalue weighted by atomic mass is 10.2. The summed E-state index contributed by atoms with van der Waals surface area (Å²) in [5.41, 5.74) is 0.367. The molecule has 0 spiro atoms. The SMILES string of the molecule is CCNS(=O)(=O)c1ccc(OC)c(C(=O)Nc2ccc(S(=O)(=O)NC(C)CC)cc2)c1. The minimum Gasteiger partial charge on any atom is -0.496 e. The molecular formula is C20H27N3O6S2. The number of benzene rings is 2. The topological polar surface area (TPSA) is 131 Å². The lowest BCUT2D eigenvalue weighted by Crippen LogP contribution is -2.31. The Labute approximate surface area is 183 Å². The quantitative estimate of drug-likeness (QED) is 0.489. The van der Waals surface area contributed by atoms with Crippen molar-refractivity contribution in [3.8, 4) is 5.75 Å². The molecule has 31 heavy (non-hydrogen) atoms. The lowest BCUT2D eigenvalue weighted by molar-refractivity contribution is 0.102. The van der Waals surface area contributed by atoms with Gasteiger partial charge in [0.05, 0.1) is 22.5 Å². The van der Waals surface area contributed by atoms with Gasteiger partial charge in [-0.25, -0.2) is 26.3 Å². The van der Waals surface area contributed by atoms with Crippen LogP contribution in [0.4, 0.5) is 5.69 Å². The number of anilines is 1. The largest absolute Gasteiger partial charge is 0.496 e. The van der Waals surface area contributed by atoms with Crippen LogP contribution in [0.3, 0.4) is 0 Å². The van der Waals surface area contributed by atoms with Crippen LogP contribution in [0.25, 0.3) is 0 Å². The van der Waals surface area contributed by atoms with E-state index in [0.29, 0.717) is 12.1 Å². The number of amides is 1. The molecule has 9 nitrogen and oxygen atoms in total. The van der Waals surface area contributed by atoms with Crippen molar-refractivity contribution in [2.24, 2.45) is 0 Å². The van der Waals surface area contributed by atoms with E-state index >= 15 is 0 Å². The van der Waals surface area contributed by atoms with E-state index in [0.717, 1.165) is 0 Å². The van der Waals surface area contributed by atoms with Crippen molar-refractivity contribution < 1.29 is 26.4 Å². The Balaban J connectivity index is 2.27. The van der Waals surface area contributed by atoms with E-state index in [-0.39, 0.29) is 33.7 Å². The Morgan fingerprint density at radius 3 is 2.13 bits per heavy atom. The molecule has 0 saturated heterocycles. The molecule has 0 bridgehead atoms. The first kappa shape index (κ1) is 24.8. The molecule has 0 aliphatic heterocycles. The molecule has 0 fully saturated rings. The van der Waals surface area contributed by atoms with Crippen molar-refractivity contribution in [2.75, 3.05) is 19.0 Å². The van der Waals surface area contributed by atoms with Crippen molar-refractivity contribution in [3.63, 3.8) is 0 Å². The molecule has 2 aromatic rings. The average Bonchev–Trinajstić information content (AvgIpc) is 2.73. The van der Waals surface area contributed by atoms with Gasteiger partial charge < -0.3 is 10.1 Å². The molecule has 1 atom stereocenters. The van der Waals surface area contributed by atoms with Gasteiger partial charge >= 0.3 is 0 Å². The molecule has 0 heterocycles. The van der Waals surface area contributed by atoms with Gasteiger partial charge in [-0.2, -0.15) is 0 Å².